The molecule has 0 amide bonds. The van der Waals surface area contributed by atoms with Crippen LogP contribution in [0.25, 0.3) is 6.08 Å². The van der Waals surface area contributed by atoms with Crippen LogP contribution in [0.3, 0.4) is 0 Å². The lowest BCUT2D eigenvalue weighted by atomic mass is 10.2. The summed E-state index contributed by atoms with van der Waals surface area (Å²) in [5.41, 5.74) is 0.968. The number of aliphatic hydroxyl groups is 1. The molecule has 0 aliphatic heterocycles. The van der Waals surface area contributed by atoms with E-state index in [2.05, 4.69) is 33.9 Å². The van der Waals surface area contributed by atoms with Crippen molar-refractivity contribution >= 4 is 14.4 Å². The van der Waals surface area contributed by atoms with Crippen LogP contribution < -0.4 is 4.74 Å². The van der Waals surface area contributed by atoms with Gasteiger partial charge in [-0.15, -0.1) is 0 Å². The molecule has 0 heterocycles. The Morgan fingerprint density at radius 3 is 2.45 bits per heavy atom. The second-order valence-corrected chi connectivity index (χ2v) is 11.9. The first-order chi connectivity index (χ1) is 10.2. The lowest BCUT2D eigenvalue weighted by molar-refractivity contribution is 0.134. The van der Waals surface area contributed by atoms with Crippen LogP contribution in [0.4, 0.5) is 0 Å². The maximum absolute atomic E-state index is 8.91. The van der Waals surface area contributed by atoms with Gasteiger partial charge in [0.1, 0.15) is 11.9 Å². The largest absolute Gasteiger partial charge is 0.488 e. The summed E-state index contributed by atoms with van der Waals surface area (Å²) in [5.74, 6) is 0.818. The molecule has 3 nitrogen and oxygen atoms in total. The third-order valence-corrected chi connectivity index (χ3v) is 8.64. The van der Waals surface area contributed by atoms with Crippen molar-refractivity contribution in [1.82, 2.24) is 0 Å². The highest BCUT2D eigenvalue weighted by molar-refractivity contribution is 6.74. The maximum Gasteiger partial charge on any atom is 0.192 e. The van der Waals surface area contributed by atoms with Gasteiger partial charge in [-0.2, -0.15) is 0 Å². The van der Waals surface area contributed by atoms with Crippen molar-refractivity contribution < 1.29 is 14.3 Å². The second kappa shape index (κ2) is 7.95. The zero-order chi connectivity index (χ0) is 16.8. The minimum atomic E-state index is -1.75. The number of hydrogen-bond donors (Lipinski definition) is 1. The summed E-state index contributed by atoms with van der Waals surface area (Å²) in [6.45, 7) is 13.8. The summed E-state index contributed by atoms with van der Waals surface area (Å²) < 4.78 is 12.2. The van der Waals surface area contributed by atoms with Crippen LogP contribution in [0.5, 0.6) is 5.75 Å². The summed E-state index contributed by atoms with van der Waals surface area (Å²) >= 11 is 0. The van der Waals surface area contributed by atoms with Crippen molar-refractivity contribution in [3.05, 3.63) is 35.9 Å². The zero-order valence-electron chi connectivity index (χ0n) is 14.7. The molecule has 0 radical (unpaired) electrons. The normalized spacial score (nSPS) is 14.3. The molecule has 4 heteroatoms. The van der Waals surface area contributed by atoms with Gasteiger partial charge in [0.15, 0.2) is 8.32 Å². The number of benzene rings is 1. The molecule has 22 heavy (non-hydrogen) atoms. The Kier molecular flexibility index (Phi) is 6.85. The minimum Gasteiger partial charge on any atom is -0.488 e. The van der Waals surface area contributed by atoms with E-state index in [-0.39, 0.29) is 17.7 Å². The first kappa shape index (κ1) is 18.9. The molecule has 0 saturated heterocycles. The third-order valence-electron chi connectivity index (χ3n) is 4.14. The molecule has 0 bridgehead atoms. The molecule has 1 N–H and O–H groups in total. The van der Waals surface area contributed by atoms with Crippen LogP contribution >= 0.6 is 0 Å². The Labute approximate surface area is 136 Å². The Balaban J connectivity index is 2.66. The van der Waals surface area contributed by atoms with E-state index < -0.39 is 8.32 Å². The maximum atomic E-state index is 8.91. The van der Waals surface area contributed by atoms with Gasteiger partial charge in [0.05, 0.1) is 13.2 Å². The third kappa shape index (κ3) is 5.59. The second-order valence-electron chi connectivity index (χ2n) is 7.12. The Morgan fingerprint density at radius 2 is 1.86 bits per heavy atom. The van der Waals surface area contributed by atoms with Gasteiger partial charge in [0.2, 0.25) is 0 Å². The van der Waals surface area contributed by atoms with Crippen molar-refractivity contribution in [3.8, 4) is 5.75 Å². The van der Waals surface area contributed by atoms with Crippen LogP contribution in [-0.2, 0) is 4.43 Å². The monoisotopic (exact) mass is 322 g/mol. The summed E-state index contributed by atoms with van der Waals surface area (Å²) in [5, 5.41) is 9.11. The highest BCUT2D eigenvalue weighted by Crippen LogP contribution is 2.36. The van der Waals surface area contributed by atoms with E-state index in [1.807, 2.05) is 37.3 Å². The molecule has 1 aromatic carbocycles. The summed E-state index contributed by atoms with van der Waals surface area (Å²) in [6.07, 6.45) is 3.56. The molecule has 0 unspecified atom stereocenters. The van der Waals surface area contributed by atoms with Crippen LogP contribution in [-0.4, -0.2) is 32.7 Å². The smallest absolute Gasteiger partial charge is 0.192 e. The molecule has 0 aliphatic carbocycles. The summed E-state index contributed by atoms with van der Waals surface area (Å²) in [4.78, 5) is 0. The lowest BCUT2D eigenvalue weighted by Gasteiger charge is -2.37. The topological polar surface area (TPSA) is 38.7 Å². The SMILES string of the molecule is C[C@@H](CO[Si](C)(C)C(C)(C)C)Oc1ccccc1/C=C/CO. The molecule has 0 aliphatic rings. The van der Waals surface area contributed by atoms with Gasteiger partial charge in [-0.25, -0.2) is 0 Å². The van der Waals surface area contributed by atoms with Crippen LogP contribution in [0.1, 0.15) is 33.3 Å². The van der Waals surface area contributed by atoms with Crippen molar-refractivity contribution in [1.29, 1.82) is 0 Å². The first-order valence-corrected chi connectivity index (χ1v) is 10.8. The fourth-order valence-corrected chi connectivity index (χ4v) is 2.78. The van der Waals surface area contributed by atoms with Crippen molar-refractivity contribution in [2.45, 2.75) is 51.9 Å². The minimum absolute atomic E-state index is 0.0159. The predicted molar refractivity (Wildman–Crippen MR) is 95.8 cm³/mol. The van der Waals surface area contributed by atoms with Crippen LogP contribution in [0.15, 0.2) is 30.3 Å². The number of hydrogen-bond acceptors (Lipinski definition) is 3. The van der Waals surface area contributed by atoms with Gasteiger partial charge in [0, 0.05) is 5.56 Å². The summed E-state index contributed by atoms with van der Waals surface area (Å²) in [7, 11) is -1.75. The number of rotatable bonds is 7. The number of ether oxygens (including phenoxy) is 1. The Morgan fingerprint density at radius 1 is 1.23 bits per heavy atom. The highest BCUT2D eigenvalue weighted by atomic mass is 28.4. The number of aliphatic hydroxyl groups excluding tert-OH is 1. The van der Waals surface area contributed by atoms with Crippen LogP contribution in [0.2, 0.25) is 18.1 Å². The van der Waals surface area contributed by atoms with Gasteiger partial charge in [0.25, 0.3) is 0 Å². The van der Waals surface area contributed by atoms with E-state index in [4.69, 9.17) is 14.3 Å². The van der Waals surface area contributed by atoms with E-state index in [0.29, 0.717) is 6.61 Å². The van der Waals surface area contributed by atoms with Gasteiger partial charge in [-0.3, -0.25) is 0 Å². The molecule has 0 aromatic heterocycles. The predicted octanol–water partition coefficient (Wildman–Crippen LogP) is 4.48. The van der Waals surface area contributed by atoms with E-state index in [1.165, 1.54) is 0 Å². The molecule has 1 atom stereocenters. The average Bonchev–Trinajstić information content (AvgIpc) is 2.43. The molecule has 1 rings (SSSR count). The molecular weight excluding hydrogens is 292 g/mol. The fraction of sp³-hybridized carbons (Fsp3) is 0.556. The first-order valence-electron chi connectivity index (χ1n) is 7.84. The Hall–Kier alpha value is -1.10. The van der Waals surface area contributed by atoms with E-state index in [9.17, 15) is 0 Å². The van der Waals surface area contributed by atoms with Crippen molar-refractivity contribution in [2.75, 3.05) is 13.2 Å². The zero-order valence-corrected chi connectivity index (χ0v) is 15.7. The van der Waals surface area contributed by atoms with E-state index in [0.717, 1.165) is 11.3 Å². The molecule has 0 saturated carbocycles. The molecule has 1 aromatic rings. The average molecular weight is 323 g/mol. The number of para-hydroxylation sites is 1. The quantitative estimate of drug-likeness (QED) is 0.752. The van der Waals surface area contributed by atoms with Crippen molar-refractivity contribution in [3.63, 3.8) is 0 Å². The summed E-state index contributed by atoms with van der Waals surface area (Å²) in [6, 6.07) is 7.83. The van der Waals surface area contributed by atoms with Gasteiger partial charge in [-0.1, -0.05) is 51.1 Å². The molecule has 0 spiro atoms. The van der Waals surface area contributed by atoms with Gasteiger partial charge in [-0.05, 0) is 31.1 Å². The van der Waals surface area contributed by atoms with E-state index in [1.54, 1.807) is 6.08 Å². The molecule has 0 fully saturated rings. The highest BCUT2D eigenvalue weighted by Gasteiger charge is 2.37. The van der Waals surface area contributed by atoms with Crippen molar-refractivity contribution in [2.24, 2.45) is 0 Å². The standard InChI is InChI=1S/C18H30O3Si/c1-15(14-20-22(5,6)18(2,3)4)21-17-12-8-7-10-16(17)11-9-13-19/h7-12,15,19H,13-14H2,1-6H3/b11-9+/t15-/m0/s1. The molecular formula is C18H30O3Si. The lowest BCUT2D eigenvalue weighted by Crippen LogP contribution is -2.43. The van der Waals surface area contributed by atoms with Gasteiger partial charge < -0.3 is 14.3 Å². The van der Waals surface area contributed by atoms with E-state index >= 15 is 0 Å². The molecule has 124 valence electrons. The fourth-order valence-electron chi connectivity index (χ4n) is 1.70. The Bertz CT molecular complexity index is 489. The van der Waals surface area contributed by atoms with Gasteiger partial charge >= 0.3 is 0 Å². The van der Waals surface area contributed by atoms with Crippen LogP contribution in [0, 0.1) is 0 Å².